The van der Waals surface area contributed by atoms with E-state index in [1.54, 1.807) is 0 Å². The van der Waals surface area contributed by atoms with Crippen molar-refractivity contribution in [3.05, 3.63) is 28.5 Å². The maximum Gasteiger partial charge on any atom is 0.240 e. The van der Waals surface area contributed by atoms with Crippen molar-refractivity contribution in [3.8, 4) is 0 Å². The number of fused-ring (bicyclic) bond motifs is 1. The van der Waals surface area contributed by atoms with Gasteiger partial charge in [-0.15, -0.1) is 0 Å². The maximum absolute atomic E-state index is 11.8. The van der Waals surface area contributed by atoms with Gasteiger partial charge in [0.2, 0.25) is 5.91 Å². The molecule has 1 amide bonds. The second-order valence-electron chi connectivity index (χ2n) is 4.76. The minimum atomic E-state index is -0.0254. The number of rotatable bonds is 3. The average Bonchev–Trinajstić information content (AvgIpc) is 2.53. The Labute approximate surface area is 111 Å². The predicted molar refractivity (Wildman–Crippen MR) is 75.1 cm³/mol. The second kappa shape index (κ2) is 4.94. The molecular weight excluding hydrogens is 246 g/mol. The molecule has 1 aromatic carbocycles. The highest BCUT2D eigenvalue weighted by atomic mass is 32.1. The van der Waals surface area contributed by atoms with E-state index >= 15 is 0 Å². The van der Waals surface area contributed by atoms with Gasteiger partial charge in [-0.2, -0.15) is 0 Å². The number of nitrogens with one attached hydrogen (secondary N) is 2. The summed E-state index contributed by atoms with van der Waals surface area (Å²) in [5.41, 5.74) is 3.10. The molecule has 18 heavy (non-hydrogen) atoms. The smallest absolute Gasteiger partial charge is 0.240 e. The van der Waals surface area contributed by atoms with Crippen molar-refractivity contribution in [2.75, 3.05) is 0 Å². The zero-order valence-corrected chi connectivity index (χ0v) is 11.6. The van der Waals surface area contributed by atoms with Crippen LogP contribution in [-0.4, -0.2) is 21.5 Å². The molecule has 0 aliphatic rings. The molecule has 0 spiro atoms. The highest BCUT2D eigenvalue weighted by molar-refractivity contribution is 7.71. The summed E-state index contributed by atoms with van der Waals surface area (Å²) < 4.78 is 2.40. The van der Waals surface area contributed by atoms with Crippen molar-refractivity contribution >= 4 is 29.2 Å². The van der Waals surface area contributed by atoms with Crippen LogP contribution < -0.4 is 5.32 Å². The lowest BCUT2D eigenvalue weighted by atomic mass is 10.2. The third-order valence-corrected chi connectivity index (χ3v) is 3.00. The number of H-pyrrole nitrogens is 1. The highest BCUT2D eigenvalue weighted by Gasteiger charge is 2.09. The first-order chi connectivity index (χ1) is 8.47. The van der Waals surface area contributed by atoms with Crippen LogP contribution in [0.15, 0.2) is 18.2 Å². The molecule has 4 nitrogen and oxygen atoms in total. The van der Waals surface area contributed by atoms with Crippen LogP contribution in [0.5, 0.6) is 0 Å². The third-order valence-electron chi connectivity index (χ3n) is 2.68. The summed E-state index contributed by atoms with van der Waals surface area (Å²) in [7, 11) is 0. The van der Waals surface area contributed by atoms with Gasteiger partial charge in [0.15, 0.2) is 4.77 Å². The zero-order chi connectivity index (χ0) is 13.3. The number of imidazole rings is 1. The molecule has 2 aromatic rings. The summed E-state index contributed by atoms with van der Waals surface area (Å²) >= 11 is 5.26. The van der Waals surface area contributed by atoms with Gasteiger partial charge in [0.25, 0.3) is 0 Å². The molecule has 5 heteroatoms. The highest BCUT2D eigenvalue weighted by Crippen LogP contribution is 2.15. The van der Waals surface area contributed by atoms with Gasteiger partial charge in [-0.3, -0.25) is 4.79 Å². The van der Waals surface area contributed by atoms with Crippen molar-refractivity contribution in [2.24, 2.45) is 0 Å². The fourth-order valence-corrected chi connectivity index (χ4v) is 2.22. The van der Waals surface area contributed by atoms with Crippen molar-refractivity contribution < 1.29 is 4.79 Å². The van der Waals surface area contributed by atoms with Gasteiger partial charge in [0.05, 0.1) is 11.0 Å². The lowest BCUT2D eigenvalue weighted by Crippen LogP contribution is -2.33. The summed E-state index contributed by atoms with van der Waals surface area (Å²) in [5.74, 6) is -0.0254. The zero-order valence-electron chi connectivity index (χ0n) is 10.8. The second-order valence-corrected chi connectivity index (χ2v) is 5.15. The lowest BCUT2D eigenvalue weighted by molar-refractivity contribution is -0.122. The molecule has 0 saturated heterocycles. The van der Waals surface area contributed by atoms with Gasteiger partial charge in [0.1, 0.15) is 6.54 Å². The van der Waals surface area contributed by atoms with Crippen LogP contribution in [0.25, 0.3) is 11.0 Å². The summed E-state index contributed by atoms with van der Waals surface area (Å²) in [6.45, 7) is 6.16. The van der Waals surface area contributed by atoms with Crippen LogP contribution in [-0.2, 0) is 11.3 Å². The van der Waals surface area contributed by atoms with E-state index in [9.17, 15) is 4.79 Å². The number of benzene rings is 1. The predicted octanol–water partition coefficient (Wildman–Crippen LogP) is 2.53. The Bertz CT molecular complexity index is 639. The van der Waals surface area contributed by atoms with Crippen LogP contribution >= 0.6 is 12.2 Å². The van der Waals surface area contributed by atoms with E-state index in [0.717, 1.165) is 16.6 Å². The molecule has 0 fully saturated rings. The monoisotopic (exact) mass is 263 g/mol. The summed E-state index contributed by atoms with van der Waals surface area (Å²) in [4.78, 5) is 14.9. The standard InChI is InChI=1S/C13H17N3OS/c1-8(2)14-12(17)7-16-11-5-4-9(3)6-10(11)15-13(16)18/h4-6,8H,7H2,1-3H3,(H,14,17)(H,15,18). The molecule has 2 N–H and O–H groups in total. The fraction of sp³-hybridized carbons (Fsp3) is 0.385. The molecule has 0 bridgehead atoms. The first-order valence-electron chi connectivity index (χ1n) is 5.96. The van der Waals surface area contributed by atoms with E-state index in [1.165, 1.54) is 0 Å². The lowest BCUT2D eigenvalue weighted by Gasteiger charge is -2.09. The molecular formula is C13H17N3OS. The molecule has 0 aliphatic heterocycles. The molecule has 0 radical (unpaired) electrons. The molecule has 0 aliphatic carbocycles. The summed E-state index contributed by atoms with van der Waals surface area (Å²) in [6, 6.07) is 6.17. The van der Waals surface area contributed by atoms with Crippen molar-refractivity contribution in [1.82, 2.24) is 14.9 Å². The van der Waals surface area contributed by atoms with Crippen LogP contribution in [0.2, 0.25) is 0 Å². The van der Waals surface area contributed by atoms with E-state index in [4.69, 9.17) is 12.2 Å². The number of aromatic nitrogens is 2. The first kappa shape index (κ1) is 12.8. The van der Waals surface area contributed by atoms with Crippen LogP contribution in [0.3, 0.4) is 0 Å². The topological polar surface area (TPSA) is 49.8 Å². The Balaban J connectivity index is 2.36. The van der Waals surface area contributed by atoms with Gasteiger partial charge in [-0.25, -0.2) is 0 Å². The molecule has 0 unspecified atom stereocenters. The van der Waals surface area contributed by atoms with Gasteiger partial charge in [-0.05, 0) is 50.7 Å². The third kappa shape index (κ3) is 2.61. The molecule has 1 heterocycles. The number of aromatic amines is 1. The summed E-state index contributed by atoms with van der Waals surface area (Å²) in [6.07, 6.45) is 0. The van der Waals surface area contributed by atoms with Crippen LogP contribution in [0.1, 0.15) is 19.4 Å². The van der Waals surface area contributed by atoms with Crippen molar-refractivity contribution in [3.63, 3.8) is 0 Å². The van der Waals surface area contributed by atoms with E-state index < -0.39 is 0 Å². The number of nitrogens with zero attached hydrogens (tertiary/aromatic N) is 1. The summed E-state index contributed by atoms with van der Waals surface area (Å²) in [5, 5.41) is 2.86. The Morgan fingerprint density at radius 2 is 2.22 bits per heavy atom. The number of aryl methyl sites for hydroxylation is 1. The number of hydrogen-bond acceptors (Lipinski definition) is 2. The Morgan fingerprint density at radius 1 is 1.50 bits per heavy atom. The SMILES string of the molecule is Cc1ccc2c(c1)[nH]c(=S)n2CC(=O)NC(C)C. The molecule has 0 saturated carbocycles. The minimum Gasteiger partial charge on any atom is -0.352 e. The average molecular weight is 263 g/mol. The van der Waals surface area contributed by atoms with E-state index in [-0.39, 0.29) is 18.5 Å². The van der Waals surface area contributed by atoms with Gasteiger partial charge in [0, 0.05) is 6.04 Å². The Morgan fingerprint density at radius 3 is 2.89 bits per heavy atom. The van der Waals surface area contributed by atoms with Crippen molar-refractivity contribution in [2.45, 2.75) is 33.4 Å². The Hall–Kier alpha value is -1.62. The maximum atomic E-state index is 11.8. The number of hydrogen-bond donors (Lipinski definition) is 2. The normalized spacial score (nSPS) is 11.1. The number of amides is 1. The van der Waals surface area contributed by atoms with Crippen LogP contribution in [0.4, 0.5) is 0 Å². The van der Waals surface area contributed by atoms with Gasteiger partial charge >= 0.3 is 0 Å². The van der Waals surface area contributed by atoms with Crippen molar-refractivity contribution in [1.29, 1.82) is 0 Å². The Kier molecular flexibility index (Phi) is 3.52. The molecule has 96 valence electrons. The number of carbonyl (C=O) groups excluding carboxylic acids is 1. The van der Waals surface area contributed by atoms with E-state index in [0.29, 0.717) is 4.77 Å². The minimum absolute atomic E-state index is 0.0254. The number of carbonyl (C=O) groups is 1. The molecule has 0 atom stereocenters. The first-order valence-corrected chi connectivity index (χ1v) is 6.36. The quantitative estimate of drug-likeness (QED) is 0.836. The van der Waals surface area contributed by atoms with E-state index in [2.05, 4.69) is 10.3 Å². The largest absolute Gasteiger partial charge is 0.352 e. The van der Waals surface area contributed by atoms with Gasteiger partial charge in [-0.1, -0.05) is 6.07 Å². The van der Waals surface area contributed by atoms with E-state index in [1.807, 2.05) is 43.5 Å². The molecule has 1 aromatic heterocycles. The molecule has 2 rings (SSSR count). The van der Waals surface area contributed by atoms with Crippen LogP contribution in [0, 0.1) is 11.7 Å². The fourth-order valence-electron chi connectivity index (χ4n) is 1.95. The van der Waals surface area contributed by atoms with Gasteiger partial charge < -0.3 is 14.9 Å².